The van der Waals surface area contributed by atoms with Gasteiger partial charge in [0.1, 0.15) is 0 Å². The second-order valence-electron chi connectivity index (χ2n) is 8.56. The van der Waals surface area contributed by atoms with Gasteiger partial charge in [0, 0.05) is 0 Å². The topological polar surface area (TPSA) is 0 Å². The van der Waals surface area contributed by atoms with Gasteiger partial charge in [0.05, 0.1) is 0 Å². The van der Waals surface area contributed by atoms with Crippen LogP contribution in [0.5, 0.6) is 0 Å². The van der Waals surface area contributed by atoms with Crippen LogP contribution in [-0.4, -0.2) is 0 Å². The third-order valence-electron chi connectivity index (χ3n) is 6.58. The van der Waals surface area contributed by atoms with Crippen LogP contribution in [0.1, 0.15) is 72.1 Å². The second kappa shape index (κ2) is 12.0. The number of hydrogen-bond donors (Lipinski definition) is 0. The highest BCUT2D eigenvalue weighted by Crippen LogP contribution is 2.42. The van der Waals surface area contributed by atoms with Crippen LogP contribution in [0.4, 0.5) is 0 Å². The van der Waals surface area contributed by atoms with Crippen molar-refractivity contribution >= 4 is 0 Å². The molecule has 2 fully saturated rings. The second-order valence-corrected chi connectivity index (χ2v) is 8.56. The molecule has 0 N–H and O–H groups in total. The van der Waals surface area contributed by atoms with E-state index in [1.165, 1.54) is 62.5 Å². The monoisotopic (exact) mass is 364 g/mol. The van der Waals surface area contributed by atoms with Crippen LogP contribution in [0.2, 0.25) is 0 Å². The van der Waals surface area contributed by atoms with Crippen molar-refractivity contribution in [1.82, 2.24) is 0 Å². The molecule has 0 heteroatoms. The van der Waals surface area contributed by atoms with E-state index in [0.29, 0.717) is 0 Å². The van der Waals surface area contributed by atoms with E-state index in [-0.39, 0.29) is 0 Å². The van der Waals surface area contributed by atoms with Gasteiger partial charge >= 0.3 is 0 Å². The van der Waals surface area contributed by atoms with Crippen molar-refractivity contribution < 1.29 is 0 Å². The van der Waals surface area contributed by atoms with Crippen molar-refractivity contribution in [2.75, 3.05) is 0 Å². The molecule has 2 saturated carbocycles. The highest BCUT2D eigenvalue weighted by molar-refractivity contribution is 5.36. The normalized spacial score (nSPS) is 31.2. The maximum absolute atomic E-state index is 3.81. The summed E-state index contributed by atoms with van der Waals surface area (Å²) in [5.74, 6) is 3.71. The van der Waals surface area contributed by atoms with Crippen molar-refractivity contribution in [3.63, 3.8) is 0 Å². The Hall–Kier alpha value is -1.56. The van der Waals surface area contributed by atoms with Gasteiger partial charge in [0.2, 0.25) is 0 Å². The standard InChI is InChI=1S/C27H40/c1-5-9-23(10-6-2)12-8-13-24(11-7-3)26-18-20-27(21-19-26)25-16-14-22(4)15-17-25/h5-13,22,25-27H,1,14-21H2,2-4H3/b10-6-,11-7-,12-8+,23-9+,24-13+. The van der Waals surface area contributed by atoms with Crippen LogP contribution in [-0.2, 0) is 0 Å². The van der Waals surface area contributed by atoms with Crippen molar-refractivity contribution in [2.45, 2.75) is 72.1 Å². The van der Waals surface area contributed by atoms with Gasteiger partial charge < -0.3 is 0 Å². The Morgan fingerprint density at radius 3 is 1.89 bits per heavy atom. The molecule has 0 aromatic rings. The zero-order chi connectivity index (χ0) is 19.5. The lowest BCUT2D eigenvalue weighted by Crippen LogP contribution is -2.25. The lowest BCUT2D eigenvalue weighted by molar-refractivity contribution is 0.159. The Bertz CT molecular complexity index is 580. The molecule has 0 spiro atoms. The zero-order valence-corrected chi connectivity index (χ0v) is 17.9. The molecule has 0 aromatic carbocycles. The molecule has 2 aliphatic rings. The van der Waals surface area contributed by atoms with Crippen molar-refractivity contribution in [3.8, 4) is 0 Å². The van der Waals surface area contributed by atoms with Gasteiger partial charge in [0.15, 0.2) is 0 Å². The predicted molar refractivity (Wildman–Crippen MR) is 122 cm³/mol. The van der Waals surface area contributed by atoms with Crippen LogP contribution in [0.25, 0.3) is 0 Å². The minimum Gasteiger partial charge on any atom is -0.0990 e. The minimum absolute atomic E-state index is 0.734. The highest BCUT2D eigenvalue weighted by Gasteiger charge is 2.30. The fourth-order valence-electron chi connectivity index (χ4n) is 4.97. The molecule has 0 radical (unpaired) electrons. The third-order valence-corrected chi connectivity index (χ3v) is 6.58. The average molecular weight is 365 g/mol. The summed E-state index contributed by atoms with van der Waals surface area (Å²) in [6, 6.07) is 0. The first-order chi connectivity index (χ1) is 13.2. The van der Waals surface area contributed by atoms with Gasteiger partial charge in [-0.15, -0.1) is 0 Å². The van der Waals surface area contributed by atoms with E-state index in [0.717, 1.165) is 23.7 Å². The Morgan fingerprint density at radius 1 is 0.741 bits per heavy atom. The summed E-state index contributed by atoms with van der Waals surface area (Å²) in [7, 11) is 0. The Morgan fingerprint density at radius 2 is 1.33 bits per heavy atom. The third kappa shape index (κ3) is 7.17. The first-order valence-electron chi connectivity index (χ1n) is 11.1. The van der Waals surface area contributed by atoms with Gasteiger partial charge in [-0.2, -0.15) is 0 Å². The maximum Gasteiger partial charge on any atom is -0.0162 e. The molecule has 2 rings (SSSR count). The minimum atomic E-state index is 0.734. The van der Waals surface area contributed by atoms with Crippen LogP contribution >= 0.6 is 0 Å². The van der Waals surface area contributed by atoms with E-state index in [1.807, 2.05) is 6.08 Å². The molecule has 0 aromatic heterocycles. The van der Waals surface area contributed by atoms with E-state index in [2.05, 4.69) is 76.0 Å². The summed E-state index contributed by atoms with van der Waals surface area (Å²) in [5, 5.41) is 0. The summed E-state index contributed by atoms with van der Waals surface area (Å²) in [5.41, 5.74) is 2.70. The summed E-state index contributed by atoms with van der Waals surface area (Å²) in [6.45, 7) is 10.4. The Balaban J connectivity index is 1.95. The molecule has 0 amide bonds. The molecule has 0 bridgehead atoms. The predicted octanol–water partition coefficient (Wildman–Crippen LogP) is 8.37. The van der Waals surface area contributed by atoms with Crippen molar-refractivity contribution in [2.24, 2.45) is 23.7 Å². The van der Waals surface area contributed by atoms with Gasteiger partial charge in [0.25, 0.3) is 0 Å². The lowest BCUT2D eigenvalue weighted by Gasteiger charge is -2.37. The maximum atomic E-state index is 3.81. The average Bonchev–Trinajstić information content (AvgIpc) is 2.68. The molecular formula is C27H40. The summed E-state index contributed by atoms with van der Waals surface area (Å²) < 4.78 is 0. The smallest absolute Gasteiger partial charge is 0.0162 e. The fourth-order valence-corrected chi connectivity index (χ4v) is 4.97. The number of hydrogen-bond acceptors (Lipinski definition) is 0. The molecule has 148 valence electrons. The quantitative estimate of drug-likeness (QED) is 0.398. The summed E-state index contributed by atoms with van der Waals surface area (Å²) >= 11 is 0. The van der Waals surface area contributed by atoms with Crippen molar-refractivity contribution in [1.29, 1.82) is 0 Å². The van der Waals surface area contributed by atoms with Gasteiger partial charge in [-0.1, -0.05) is 81.0 Å². The Labute approximate surface area is 168 Å². The summed E-state index contributed by atoms with van der Waals surface area (Å²) in [4.78, 5) is 0. The lowest BCUT2D eigenvalue weighted by atomic mass is 9.68. The van der Waals surface area contributed by atoms with Crippen molar-refractivity contribution in [3.05, 3.63) is 72.4 Å². The van der Waals surface area contributed by atoms with Crippen LogP contribution < -0.4 is 0 Å². The van der Waals surface area contributed by atoms with Crippen LogP contribution in [0.15, 0.2) is 72.4 Å². The van der Waals surface area contributed by atoms with E-state index >= 15 is 0 Å². The van der Waals surface area contributed by atoms with E-state index in [4.69, 9.17) is 0 Å². The first kappa shape index (κ1) is 21.7. The first-order valence-corrected chi connectivity index (χ1v) is 11.1. The molecule has 2 aliphatic carbocycles. The van der Waals surface area contributed by atoms with E-state index in [1.54, 1.807) is 0 Å². The molecule has 0 saturated heterocycles. The molecule has 27 heavy (non-hydrogen) atoms. The number of allylic oxidation sites excluding steroid dienone is 11. The van der Waals surface area contributed by atoms with E-state index in [9.17, 15) is 0 Å². The molecule has 0 nitrogen and oxygen atoms in total. The fraction of sp³-hybridized carbons (Fsp3) is 0.556. The largest absolute Gasteiger partial charge is 0.0990 e. The van der Waals surface area contributed by atoms with Crippen LogP contribution in [0, 0.1) is 23.7 Å². The van der Waals surface area contributed by atoms with E-state index < -0.39 is 0 Å². The molecular weight excluding hydrogens is 324 g/mol. The molecule has 0 aliphatic heterocycles. The van der Waals surface area contributed by atoms with Gasteiger partial charge in [-0.05, 0) is 87.2 Å². The van der Waals surface area contributed by atoms with Gasteiger partial charge in [-0.25, -0.2) is 0 Å². The summed E-state index contributed by atoms with van der Waals surface area (Å²) in [6.07, 6.45) is 30.8. The van der Waals surface area contributed by atoms with Crippen LogP contribution in [0.3, 0.4) is 0 Å². The zero-order valence-electron chi connectivity index (χ0n) is 17.9. The number of rotatable bonds is 7. The molecule has 0 unspecified atom stereocenters. The highest BCUT2D eigenvalue weighted by atomic mass is 14.4. The molecule has 0 heterocycles. The SMILES string of the molecule is C=C/C=C(\C=C/C)/C=C/C=C(\C=C/C)C1CCC(C2CCC(C)CC2)CC1. The van der Waals surface area contributed by atoms with Gasteiger partial charge in [-0.3, -0.25) is 0 Å². The Kier molecular flexibility index (Phi) is 9.67. The molecule has 0 atom stereocenters.